The van der Waals surface area contributed by atoms with E-state index in [1.807, 2.05) is 6.92 Å². The predicted octanol–water partition coefficient (Wildman–Crippen LogP) is 0.718. The van der Waals surface area contributed by atoms with E-state index in [0.29, 0.717) is 12.4 Å². The van der Waals surface area contributed by atoms with Crippen LogP contribution in [0, 0.1) is 6.92 Å². The minimum absolute atomic E-state index is 0.0496. The summed E-state index contributed by atoms with van der Waals surface area (Å²) >= 11 is 0. The minimum atomic E-state index is -3.74. The van der Waals surface area contributed by atoms with Gasteiger partial charge < -0.3 is 9.30 Å². The second-order valence-electron chi connectivity index (χ2n) is 4.03. The summed E-state index contributed by atoms with van der Waals surface area (Å²) < 4.78 is 33.3. The number of rotatable bonds is 5. The monoisotopic (exact) mass is 297 g/mol. The van der Waals surface area contributed by atoms with Crippen molar-refractivity contribution in [3.05, 3.63) is 24.4 Å². The summed E-state index contributed by atoms with van der Waals surface area (Å²) in [6, 6.07) is 0.198. The van der Waals surface area contributed by atoms with Crippen molar-refractivity contribution in [1.29, 1.82) is 0 Å². The van der Waals surface area contributed by atoms with E-state index in [-0.39, 0.29) is 16.7 Å². The highest BCUT2D eigenvalue weighted by Gasteiger charge is 2.18. The fraction of sp³-hybridized carbons (Fsp3) is 0.364. The summed E-state index contributed by atoms with van der Waals surface area (Å²) in [5.41, 5.74) is 0.247. The molecule has 0 fully saturated rings. The number of hydrogen-bond acceptors (Lipinski definition) is 6. The van der Waals surface area contributed by atoms with Crippen molar-refractivity contribution in [1.82, 2.24) is 19.5 Å². The van der Waals surface area contributed by atoms with Crippen molar-refractivity contribution in [2.45, 2.75) is 18.9 Å². The van der Waals surface area contributed by atoms with Gasteiger partial charge in [-0.1, -0.05) is 0 Å². The molecule has 2 heterocycles. The van der Waals surface area contributed by atoms with E-state index in [2.05, 4.69) is 19.7 Å². The van der Waals surface area contributed by atoms with Crippen molar-refractivity contribution in [3.8, 4) is 6.01 Å². The van der Waals surface area contributed by atoms with Gasteiger partial charge in [0, 0.05) is 13.2 Å². The Morgan fingerprint density at radius 2 is 2.00 bits per heavy atom. The maximum Gasteiger partial charge on any atom is 0.316 e. The molecule has 0 unspecified atom stereocenters. The number of anilines is 1. The van der Waals surface area contributed by atoms with Crippen LogP contribution in [0.1, 0.15) is 12.7 Å². The highest BCUT2D eigenvalue weighted by atomic mass is 32.2. The van der Waals surface area contributed by atoms with Crippen LogP contribution in [0.3, 0.4) is 0 Å². The van der Waals surface area contributed by atoms with Gasteiger partial charge in [-0.25, -0.2) is 15.0 Å². The summed E-state index contributed by atoms with van der Waals surface area (Å²) in [4.78, 5) is 11.7. The van der Waals surface area contributed by atoms with Crippen molar-refractivity contribution in [2.24, 2.45) is 7.05 Å². The average molecular weight is 297 g/mol. The first-order valence-electron chi connectivity index (χ1n) is 5.90. The first kappa shape index (κ1) is 14.3. The van der Waals surface area contributed by atoms with Crippen LogP contribution in [0.4, 0.5) is 5.69 Å². The molecule has 0 aliphatic rings. The lowest BCUT2D eigenvalue weighted by Crippen LogP contribution is -2.14. The SMILES string of the molecule is CCOc1ncc(NS(=O)(=O)c2cn(C)c(C)n2)cn1. The summed E-state index contributed by atoms with van der Waals surface area (Å²) in [6.07, 6.45) is 4.11. The zero-order valence-electron chi connectivity index (χ0n) is 11.4. The van der Waals surface area contributed by atoms with Gasteiger partial charge in [-0.05, 0) is 13.8 Å². The molecule has 0 saturated heterocycles. The quantitative estimate of drug-likeness (QED) is 0.873. The number of aromatic nitrogens is 4. The van der Waals surface area contributed by atoms with Crippen LogP contribution in [0.15, 0.2) is 23.6 Å². The van der Waals surface area contributed by atoms with Gasteiger partial charge >= 0.3 is 6.01 Å². The van der Waals surface area contributed by atoms with Crippen LogP contribution in [0.25, 0.3) is 0 Å². The third-order valence-corrected chi connectivity index (χ3v) is 3.77. The average Bonchev–Trinajstić information content (AvgIpc) is 2.73. The molecule has 0 aliphatic heterocycles. The van der Waals surface area contributed by atoms with Gasteiger partial charge in [-0.2, -0.15) is 8.42 Å². The standard InChI is InChI=1S/C11H15N5O3S/c1-4-19-11-12-5-9(6-13-11)15-20(17,18)10-7-16(3)8(2)14-10/h5-7,15H,4H2,1-3H3. The van der Waals surface area contributed by atoms with Crippen molar-refractivity contribution < 1.29 is 13.2 Å². The molecule has 0 aromatic carbocycles. The second-order valence-corrected chi connectivity index (χ2v) is 5.66. The number of aryl methyl sites for hydroxylation is 2. The fourth-order valence-electron chi connectivity index (χ4n) is 1.44. The summed E-state index contributed by atoms with van der Waals surface area (Å²) in [6.45, 7) is 3.97. The third-order valence-electron chi connectivity index (χ3n) is 2.52. The summed E-state index contributed by atoms with van der Waals surface area (Å²) in [5.74, 6) is 0.605. The van der Waals surface area contributed by atoms with Gasteiger partial charge in [0.25, 0.3) is 10.0 Å². The van der Waals surface area contributed by atoms with E-state index in [4.69, 9.17) is 4.74 Å². The van der Waals surface area contributed by atoms with Crippen LogP contribution in [0.5, 0.6) is 6.01 Å². The molecular formula is C11H15N5O3S. The topological polar surface area (TPSA) is 99.0 Å². The number of sulfonamides is 1. The maximum absolute atomic E-state index is 12.1. The van der Waals surface area contributed by atoms with Crippen LogP contribution >= 0.6 is 0 Å². The molecule has 0 atom stereocenters. The number of hydrogen-bond donors (Lipinski definition) is 1. The first-order valence-corrected chi connectivity index (χ1v) is 7.38. The largest absolute Gasteiger partial charge is 0.464 e. The zero-order valence-corrected chi connectivity index (χ0v) is 12.2. The number of imidazole rings is 1. The summed E-state index contributed by atoms with van der Waals surface area (Å²) in [5, 5.41) is -0.0496. The van der Waals surface area contributed by atoms with Crippen LogP contribution < -0.4 is 9.46 Å². The van der Waals surface area contributed by atoms with Crippen LogP contribution in [-0.2, 0) is 17.1 Å². The lowest BCUT2D eigenvalue weighted by Gasteiger charge is -2.05. The van der Waals surface area contributed by atoms with Gasteiger partial charge in [0.15, 0.2) is 5.03 Å². The molecule has 0 spiro atoms. The minimum Gasteiger partial charge on any atom is -0.464 e. The van der Waals surface area contributed by atoms with Gasteiger partial charge in [-0.3, -0.25) is 4.72 Å². The fourth-order valence-corrected chi connectivity index (χ4v) is 2.51. The molecule has 9 heteroatoms. The molecular weight excluding hydrogens is 282 g/mol. The Labute approximate surface area is 116 Å². The molecule has 0 bridgehead atoms. The maximum atomic E-state index is 12.1. The summed E-state index contributed by atoms with van der Waals surface area (Å²) in [7, 11) is -2.02. The van der Waals surface area contributed by atoms with E-state index in [9.17, 15) is 8.42 Å². The molecule has 108 valence electrons. The van der Waals surface area contributed by atoms with Gasteiger partial charge in [0.2, 0.25) is 0 Å². The van der Waals surface area contributed by atoms with E-state index >= 15 is 0 Å². The van der Waals surface area contributed by atoms with Crippen LogP contribution in [0.2, 0.25) is 0 Å². The zero-order chi connectivity index (χ0) is 14.8. The predicted molar refractivity (Wildman–Crippen MR) is 72.0 cm³/mol. The number of ether oxygens (including phenoxy) is 1. The number of nitrogens with one attached hydrogen (secondary N) is 1. The molecule has 0 amide bonds. The molecule has 0 aliphatic carbocycles. The lowest BCUT2D eigenvalue weighted by atomic mass is 10.6. The van der Waals surface area contributed by atoms with Crippen molar-refractivity contribution in [2.75, 3.05) is 11.3 Å². The molecule has 0 saturated carbocycles. The molecule has 8 nitrogen and oxygen atoms in total. The van der Waals surface area contributed by atoms with E-state index in [1.165, 1.54) is 18.6 Å². The molecule has 2 aromatic heterocycles. The van der Waals surface area contributed by atoms with E-state index in [1.54, 1.807) is 18.5 Å². The number of nitrogens with zero attached hydrogens (tertiary/aromatic N) is 4. The van der Waals surface area contributed by atoms with Crippen LogP contribution in [-0.4, -0.2) is 34.5 Å². The smallest absolute Gasteiger partial charge is 0.316 e. The van der Waals surface area contributed by atoms with Crippen molar-refractivity contribution >= 4 is 15.7 Å². The Morgan fingerprint density at radius 1 is 1.35 bits per heavy atom. The molecule has 2 aromatic rings. The Balaban J connectivity index is 2.19. The van der Waals surface area contributed by atoms with Gasteiger partial charge in [0.1, 0.15) is 5.82 Å². The van der Waals surface area contributed by atoms with Gasteiger partial charge in [0.05, 0.1) is 24.7 Å². The molecule has 20 heavy (non-hydrogen) atoms. The second kappa shape index (κ2) is 5.45. The Hall–Kier alpha value is -2.16. The Kier molecular flexibility index (Phi) is 3.89. The Morgan fingerprint density at radius 3 is 2.50 bits per heavy atom. The van der Waals surface area contributed by atoms with E-state index in [0.717, 1.165) is 0 Å². The molecule has 1 N–H and O–H groups in total. The normalized spacial score (nSPS) is 11.3. The third kappa shape index (κ3) is 3.05. The molecule has 2 rings (SSSR count). The Bertz CT molecular complexity index is 674. The van der Waals surface area contributed by atoms with E-state index < -0.39 is 10.0 Å². The lowest BCUT2D eigenvalue weighted by molar-refractivity contribution is 0.312. The highest BCUT2D eigenvalue weighted by molar-refractivity contribution is 7.92. The first-order chi connectivity index (χ1) is 9.42. The molecule has 0 radical (unpaired) electrons. The highest BCUT2D eigenvalue weighted by Crippen LogP contribution is 2.14. The van der Waals surface area contributed by atoms with Crippen molar-refractivity contribution in [3.63, 3.8) is 0 Å². The van der Waals surface area contributed by atoms with Gasteiger partial charge in [-0.15, -0.1) is 0 Å².